The van der Waals surface area contributed by atoms with Crippen LogP contribution in [-0.2, 0) is 20.3 Å². The van der Waals surface area contributed by atoms with Crippen LogP contribution in [0.1, 0.15) is 66.6 Å². The van der Waals surface area contributed by atoms with Gasteiger partial charge >= 0.3 is 6.09 Å². The first kappa shape index (κ1) is 25.8. The highest BCUT2D eigenvalue weighted by Gasteiger charge is 2.52. The van der Waals surface area contributed by atoms with Crippen molar-refractivity contribution in [1.82, 2.24) is 9.88 Å². The van der Waals surface area contributed by atoms with Gasteiger partial charge in [-0.25, -0.2) is 4.79 Å². The molecule has 2 unspecified atom stereocenters. The molecule has 6 nitrogen and oxygen atoms in total. The van der Waals surface area contributed by atoms with Crippen LogP contribution < -0.4 is 0 Å². The lowest BCUT2D eigenvalue weighted by molar-refractivity contribution is -0.0855. The van der Waals surface area contributed by atoms with Crippen molar-refractivity contribution in [1.29, 1.82) is 0 Å². The number of aryl methyl sites for hydroxylation is 1. The third kappa shape index (κ3) is 6.53. The lowest BCUT2D eigenvalue weighted by Crippen LogP contribution is -2.51. The summed E-state index contributed by atoms with van der Waals surface area (Å²) < 4.78 is 18.7. The van der Waals surface area contributed by atoms with E-state index in [2.05, 4.69) is 44.9 Å². The molecule has 0 spiro atoms. The summed E-state index contributed by atoms with van der Waals surface area (Å²) in [6, 6.07) is 3.86. The van der Waals surface area contributed by atoms with E-state index in [0.717, 1.165) is 11.3 Å². The molecule has 1 fully saturated rings. The maximum Gasteiger partial charge on any atom is 0.412 e. The number of nitrogens with zero attached hydrogens (tertiary/aromatic N) is 2. The molecule has 176 valence electrons. The van der Waals surface area contributed by atoms with Crippen LogP contribution in [0.4, 0.5) is 4.79 Å². The highest BCUT2D eigenvalue weighted by molar-refractivity contribution is 6.74. The van der Waals surface area contributed by atoms with Crippen LogP contribution in [0.15, 0.2) is 18.3 Å². The Kier molecular flexibility index (Phi) is 7.35. The second kappa shape index (κ2) is 8.83. The van der Waals surface area contributed by atoms with Gasteiger partial charge in [0.2, 0.25) is 0 Å². The molecule has 1 aliphatic rings. The first-order chi connectivity index (χ1) is 13.9. The van der Waals surface area contributed by atoms with Gasteiger partial charge < -0.3 is 13.9 Å². The average molecular weight is 451 g/mol. The van der Waals surface area contributed by atoms with Gasteiger partial charge in [0.05, 0.1) is 12.6 Å². The molecule has 2 rings (SSSR count). The van der Waals surface area contributed by atoms with E-state index in [1.165, 1.54) is 0 Å². The van der Waals surface area contributed by atoms with E-state index in [1.807, 2.05) is 53.8 Å². The van der Waals surface area contributed by atoms with Crippen molar-refractivity contribution < 1.29 is 18.7 Å². The van der Waals surface area contributed by atoms with Gasteiger partial charge in [0.1, 0.15) is 17.4 Å². The first-order valence-corrected chi connectivity index (χ1v) is 14.1. The Morgan fingerprint density at radius 2 is 1.84 bits per heavy atom. The SMILES string of the molecule is Cc1cc(CC2C(CO[Si](C)(C)C(C)(C)C)OC(C)(C)N2C(=O)OC(C)(C)C)ccn1. The van der Waals surface area contributed by atoms with Gasteiger partial charge in [0.15, 0.2) is 8.32 Å². The van der Waals surface area contributed by atoms with Crippen molar-refractivity contribution in [2.45, 2.75) is 110 Å². The smallest absolute Gasteiger partial charge is 0.412 e. The van der Waals surface area contributed by atoms with Crippen LogP contribution in [0, 0.1) is 6.92 Å². The molecule has 0 bridgehead atoms. The summed E-state index contributed by atoms with van der Waals surface area (Å²) in [5.41, 5.74) is 0.690. The molecule has 0 radical (unpaired) electrons. The monoisotopic (exact) mass is 450 g/mol. The van der Waals surface area contributed by atoms with Crippen LogP contribution in [0.5, 0.6) is 0 Å². The highest BCUT2D eigenvalue weighted by atomic mass is 28.4. The fourth-order valence-corrected chi connectivity index (χ4v) is 4.60. The number of amides is 1. The lowest BCUT2D eigenvalue weighted by atomic mass is 10.0. The maximum atomic E-state index is 13.2. The van der Waals surface area contributed by atoms with Crippen LogP contribution in [0.3, 0.4) is 0 Å². The zero-order valence-corrected chi connectivity index (χ0v) is 22.3. The Bertz CT molecular complexity index is 781. The second-order valence-electron chi connectivity index (χ2n) is 11.6. The quantitative estimate of drug-likeness (QED) is 0.539. The molecule has 0 aliphatic carbocycles. The van der Waals surface area contributed by atoms with Crippen molar-refractivity contribution in [3.8, 4) is 0 Å². The summed E-state index contributed by atoms with van der Waals surface area (Å²) in [6.07, 6.45) is 1.86. The summed E-state index contributed by atoms with van der Waals surface area (Å²) in [4.78, 5) is 19.3. The van der Waals surface area contributed by atoms with Gasteiger partial charge in [0, 0.05) is 11.9 Å². The minimum absolute atomic E-state index is 0.101. The number of hydrogen-bond acceptors (Lipinski definition) is 5. The third-order valence-corrected chi connectivity index (χ3v) is 10.7. The number of pyridine rings is 1. The number of carbonyl (C=O) groups excluding carboxylic acids is 1. The van der Waals surface area contributed by atoms with Crippen LogP contribution in [0.25, 0.3) is 0 Å². The first-order valence-electron chi connectivity index (χ1n) is 11.2. The van der Waals surface area contributed by atoms with Crippen molar-refractivity contribution >= 4 is 14.4 Å². The second-order valence-corrected chi connectivity index (χ2v) is 16.4. The highest BCUT2D eigenvalue weighted by Crippen LogP contribution is 2.39. The van der Waals surface area contributed by atoms with E-state index in [1.54, 1.807) is 4.90 Å². The lowest BCUT2D eigenvalue weighted by Gasteiger charge is -2.37. The summed E-state index contributed by atoms with van der Waals surface area (Å²) >= 11 is 0. The van der Waals surface area contributed by atoms with Gasteiger partial charge in [-0.05, 0) is 83.8 Å². The number of ether oxygens (including phenoxy) is 2. The zero-order valence-electron chi connectivity index (χ0n) is 21.3. The van der Waals surface area contributed by atoms with Crippen molar-refractivity contribution in [2.75, 3.05) is 6.61 Å². The van der Waals surface area contributed by atoms with Gasteiger partial charge in [0.25, 0.3) is 0 Å². The van der Waals surface area contributed by atoms with Gasteiger partial charge in [-0.15, -0.1) is 0 Å². The Morgan fingerprint density at radius 1 is 1.23 bits per heavy atom. The number of hydrogen-bond donors (Lipinski definition) is 0. The molecule has 0 saturated carbocycles. The van der Waals surface area contributed by atoms with Crippen molar-refractivity contribution in [2.24, 2.45) is 0 Å². The predicted octanol–water partition coefficient (Wildman–Crippen LogP) is 5.69. The molecule has 0 N–H and O–H groups in total. The molecule has 0 aromatic carbocycles. The van der Waals surface area contributed by atoms with Crippen molar-refractivity contribution in [3.05, 3.63) is 29.6 Å². The fraction of sp³-hybridized carbons (Fsp3) is 0.750. The standard InChI is InChI=1S/C24H42N2O4Si/c1-17-14-18(12-13-25-17)15-19-20(16-28-31(10,11)23(5,6)7)29-24(8,9)26(19)21(27)30-22(2,3)4/h12-14,19-20H,15-16H2,1-11H3. The van der Waals surface area contributed by atoms with Gasteiger partial charge in [-0.2, -0.15) is 0 Å². The average Bonchev–Trinajstić information content (AvgIpc) is 2.80. The summed E-state index contributed by atoms with van der Waals surface area (Å²) in [6.45, 7) is 23.1. The Balaban J connectivity index is 2.35. The van der Waals surface area contributed by atoms with E-state index in [9.17, 15) is 4.79 Å². The summed E-state index contributed by atoms with van der Waals surface area (Å²) in [5.74, 6) is 0. The van der Waals surface area contributed by atoms with E-state index in [4.69, 9.17) is 13.9 Å². The number of aromatic nitrogens is 1. The minimum atomic E-state index is -1.96. The number of carbonyl (C=O) groups is 1. The normalized spacial score (nSPS) is 22.0. The van der Waals surface area contributed by atoms with E-state index in [0.29, 0.717) is 13.0 Å². The Hall–Kier alpha value is -1.44. The molecule has 1 saturated heterocycles. The molecular weight excluding hydrogens is 408 g/mol. The molecule has 1 amide bonds. The maximum absolute atomic E-state index is 13.2. The van der Waals surface area contributed by atoms with Gasteiger partial charge in [-0.1, -0.05) is 20.8 Å². The van der Waals surface area contributed by atoms with Crippen LogP contribution in [0.2, 0.25) is 18.1 Å². The molecular formula is C24H42N2O4Si. The van der Waals surface area contributed by atoms with Crippen LogP contribution >= 0.6 is 0 Å². The van der Waals surface area contributed by atoms with Crippen molar-refractivity contribution in [3.63, 3.8) is 0 Å². The van der Waals surface area contributed by atoms with E-state index < -0.39 is 19.6 Å². The predicted molar refractivity (Wildman–Crippen MR) is 127 cm³/mol. The minimum Gasteiger partial charge on any atom is -0.444 e. The van der Waals surface area contributed by atoms with E-state index >= 15 is 0 Å². The third-order valence-electron chi connectivity index (χ3n) is 6.19. The zero-order chi connectivity index (χ0) is 23.8. The van der Waals surface area contributed by atoms with E-state index in [-0.39, 0.29) is 23.3 Å². The summed E-state index contributed by atoms with van der Waals surface area (Å²) in [7, 11) is -1.96. The molecule has 2 heterocycles. The molecule has 31 heavy (non-hydrogen) atoms. The molecule has 7 heteroatoms. The Morgan fingerprint density at radius 3 is 2.35 bits per heavy atom. The molecule has 1 aromatic rings. The van der Waals surface area contributed by atoms with Gasteiger partial charge in [-0.3, -0.25) is 9.88 Å². The Labute approximate surface area is 189 Å². The van der Waals surface area contributed by atoms with Crippen LogP contribution in [-0.4, -0.2) is 54.4 Å². The summed E-state index contributed by atoms with van der Waals surface area (Å²) in [5, 5.41) is 0.101. The molecule has 1 aromatic heterocycles. The molecule has 1 aliphatic heterocycles. The topological polar surface area (TPSA) is 60.9 Å². The largest absolute Gasteiger partial charge is 0.444 e. The number of rotatable bonds is 5. The fourth-order valence-electron chi connectivity index (χ4n) is 3.59. The molecule has 2 atom stereocenters.